The summed E-state index contributed by atoms with van der Waals surface area (Å²) in [5.74, 6) is 0.0690. The van der Waals surface area contributed by atoms with E-state index in [9.17, 15) is 4.79 Å². The number of aryl methyl sites for hydroxylation is 1. The van der Waals surface area contributed by atoms with Crippen LogP contribution in [0.5, 0.6) is 5.88 Å². The second-order valence-electron chi connectivity index (χ2n) is 5.66. The van der Waals surface area contributed by atoms with Crippen LogP contribution in [0.3, 0.4) is 0 Å². The first-order chi connectivity index (χ1) is 12.7. The van der Waals surface area contributed by atoms with Gasteiger partial charge in [-0.05, 0) is 31.0 Å². The molecule has 3 rings (SSSR count). The minimum absolute atomic E-state index is 0.261. The maximum absolute atomic E-state index is 12.1. The van der Waals surface area contributed by atoms with Crippen molar-refractivity contribution in [3.63, 3.8) is 0 Å². The van der Waals surface area contributed by atoms with Gasteiger partial charge in [0, 0.05) is 11.6 Å². The highest BCUT2D eigenvalue weighted by Crippen LogP contribution is 2.25. The van der Waals surface area contributed by atoms with Gasteiger partial charge in [-0.3, -0.25) is 0 Å². The summed E-state index contributed by atoms with van der Waals surface area (Å²) in [6, 6.07) is 13.5. The first-order valence-electron chi connectivity index (χ1n) is 8.53. The van der Waals surface area contributed by atoms with Crippen LogP contribution < -0.4 is 4.74 Å². The van der Waals surface area contributed by atoms with E-state index in [1.54, 1.807) is 37.0 Å². The molecule has 2 aromatic heterocycles. The van der Waals surface area contributed by atoms with Crippen molar-refractivity contribution in [2.75, 3.05) is 13.7 Å². The Labute approximate surface area is 152 Å². The molecule has 2 heterocycles. The number of nitrogens with zero attached hydrogens (tertiary/aromatic N) is 3. The number of carbonyl (C=O) groups excluding carboxylic acids is 1. The van der Waals surface area contributed by atoms with Crippen LogP contribution in [-0.4, -0.2) is 34.5 Å². The predicted molar refractivity (Wildman–Crippen MR) is 98.7 cm³/mol. The smallest absolute Gasteiger partial charge is 0.358 e. The van der Waals surface area contributed by atoms with Crippen molar-refractivity contribution in [2.24, 2.45) is 0 Å². The highest BCUT2D eigenvalue weighted by molar-refractivity contribution is 5.89. The first kappa shape index (κ1) is 17.7. The molecule has 26 heavy (non-hydrogen) atoms. The molecule has 0 aliphatic rings. The van der Waals surface area contributed by atoms with Crippen molar-refractivity contribution in [3.8, 4) is 22.8 Å². The molecule has 0 atom stereocenters. The number of pyridine rings is 1. The SMILES string of the molecule is CCOC(=O)c1cc(-c2ccc(CC)cc2)n(-c2ccc(OC)nc2)n1. The van der Waals surface area contributed by atoms with Crippen LogP contribution in [0.4, 0.5) is 0 Å². The number of carbonyl (C=O) groups is 1. The maximum atomic E-state index is 12.1. The quantitative estimate of drug-likeness (QED) is 0.634. The number of methoxy groups -OCH3 is 1. The summed E-state index contributed by atoms with van der Waals surface area (Å²) in [6.07, 6.45) is 2.63. The summed E-state index contributed by atoms with van der Waals surface area (Å²) in [4.78, 5) is 16.4. The van der Waals surface area contributed by atoms with Gasteiger partial charge in [0.15, 0.2) is 5.69 Å². The Morgan fingerprint density at radius 1 is 1.12 bits per heavy atom. The lowest BCUT2D eigenvalue weighted by Gasteiger charge is -2.08. The molecule has 0 saturated heterocycles. The van der Waals surface area contributed by atoms with Crippen LogP contribution in [0.15, 0.2) is 48.7 Å². The van der Waals surface area contributed by atoms with Crippen LogP contribution in [0.2, 0.25) is 0 Å². The van der Waals surface area contributed by atoms with E-state index in [4.69, 9.17) is 9.47 Å². The number of hydrogen-bond donors (Lipinski definition) is 0. The van der Waals surface area contributed by atoms with E-state index in [1.165, 1.54) is 5.56 Å². The molecule has 0 aliphatic carbocycles. The molecular weight excluding hydrogens is 330 g/mol. The fourth-order valence-electron chi connectivity index (χ4n) is 2.62. The van der Waals surface area contributed by atoms with Crippen molar-refractivity contribution in [1.82, 2.24) is 14.8 Å². The summed E-state index contributed by atoms with van der Waals surface area (Å²) >= 11 is 0. The lowest BCUT2D eigenvalue weighted by Crippen LogP contribution is -2.07. The highest BCUT2D eigenvalue weighted by atomic mass is 16.5. The van der Waals surface area contributed by atoms with Gasteiger partial charge < -0.3 is 9.47 Å². The fourth-order valence-corrected chi connectivity index (χ4v) is 2.62. The molecule has 0 saturated carbocycles. The third-order valence-electron chi connectivity index (χ3n) is 4.03. The topological polar surface area (TPSA) is 66.2 Å². The fraction of sp³-hybridized carbons (Fsp3) is 0.250. The second-order valence-corrected chi connectivity index (χ2v) is 5.66. The molecule has 134 valence electrons. The summed E-state index contributed by atoms with van der Waals surface area (Å²) in [6.45, 7) is 4.18. The number of aromatic nitrogens is 3. The Bertz CT molecular complexity index is 819. The molecule has 0 aliphatic heterocycles. The summed E-state index contributed by atoms with van der Waals surface area (Å²) in [5.41, 5.74) is 3.99. The Kier molecular flexibility index (Phi) is 5.31. The lowest BCUT2D eigenvalue weighted by molar-refractivity contribution is 0.0519. The van der Waals surface area contributed by atoms with Gasteiger partial charge in [0.2, 0.25) is 5.88 Å². The molecule has 6 heteroatoms. The molecule has 0 N–H and O–H groups in total. The van der Waals surface area contributed by atoms with E-state index in [0.29, 0.717) is 12.5 Å². The standard InChI is InChI=1S/C20H21N3O3/c1-4-14-6-8-15(9-7-14)18-12-17(20(24)26-5-2)22-23(18)16-10-11-19(25-3)21-13-16/h6-13H,4-5H2,1-3H3. The van der Waals surface area contributed by atoms with Gasteiger partial charge in [-0.2, -0.15) is 5.10 Å². The number of hydrogen-bond acceptors (Lipinski definition) is 5. The van der Waals surface area contributed by atoms with Crippen LogP contribution in [0.25, 0.3) is 16.9 Å². The van der Waals surface area contributed by atoms with E-state index in [2.05, 4.69) is 29.1 Å². The van der Waals surface area contributed by atoms with Gasteiger partial charge in [0.1, 0.15) is 0 Å². The molecule has 6 nitrogen and oxygen atoms in total. The molecule has 3 aromatic rings. The largest absolute Gasteiger partial charge is 0.481 e. The Morgan fingerprint density at radius 2 is 1.88 bits per heavy atom. The van der Waals surface area contributed by atoms with Gasteiger partial charge in [0.05, 0.1) is 31.3 Å². The molecule has 0 radical (unpaired) electrons. The molecule has 1 aromatic carbocycles. The molecular formula is C20H21N3O3. The van der Waals surface area contributed by atoms with Crippen molar-refractivity contribution in [1.29, 1.82) is 0 Å². The van der Waals surface area contributed by atoms with E-state index in [0.717, 1.165) is 23.4 Å². The Balaban J connectivity index is 2.08. The number of benzene rings is 1. The van der Waals surface area contributed by atoms with Crippen LogP contribution in [-0.2, 0) is 11.2 Å². The van der Waals surface area contributed by atoms with E-state index >= 15 is 0 Å². The van der Waals surface area contributed by atoms with Crippen LogP contribution in [0, 0.1) is 0 Å². The van der Waals surface area contributed by atoms with Gasteiger partial charge >= 0.3 is 5.97 Å². The van der Waals surface area contributed by atoms with Crippen molar-refractivity contribution < 1.29 is 14.3 Å². The maximum Gasteiger partial charge on any atom is 0.358 e. The van der Waals surface area contributed by atoms with Crippen molar-refractivity contribution in [2.45, 2.75) is 20.3 Å². The minimum atomic E-state index is -0.445. The van der Waals surface area contributed by atoms with Gasteiger partial charge in [-0.25, -0.2) is 14.5 Å². The lowest BCUT2D eigenvalue weighted by atomic mass is 10.1. The second kappa shape index (κ2) is 7.82. The molecule has 0 amide bonds. The minimum Gasteiger partial charge on any atom is -0.481 e. The summed E-state index contributed by atoms with van der Waals surface area (Å²) in [7, 11) is 1.56. The average Bonchev–Trinajstić information content (AvgIpc) is 3.14. The Hall–Kier alpha value is -3.15. The normalized spacial score (nSPS) is 10.6. The van der Waals surface area contributed by atoms with E-state index < -0.39 is 5.97 Å². The van der Waals surface area contributed by atoms with E-state index in [1.807, 2.05) is 18.2 Å². The molecule has 0 bridgehead atoms. The monoisotopic (exact) mass is 351 g/mol. The van der Waals surface area contributed by atoms with E-state index in [-0.39, 0.29) is 5.69 Å². The predicted octanol–water partition coefficient (Wildman–Crippen LogP) is 3.68. The molecule has 0 unspecified atom stereocenters. The zero-order chi connectivity index (χ0) is 18.5. The number of rotatable bonds is 6. The van der Waals surface area contributed by atoms with Crippen LogP contribution in [0.1, 0.15) is 29.9 Å². The molecule has 0 spiro atoms. The van der Waals surface area contributed by atoms with Crippen molar-refractivity contribution >= 4 is 5.97 Å². The number of ether oxygens (including phenoxy) is 2. The van der Waals surface area contributed by atoms with Crippen molar-refractivity contribution in [3.05, 3.63) is 59.9 Å². The third-order valence-corrected chi connectivity index (χ3v) is 4.03. The van der Waals surface area contributed by atoms with Gasteiger partial charge in [-0.1, -0.05) is 31.2 Å². The average molecular weight is 351 g/mol. The van der Waals surface area contributed by atoms with Gasteiger partial charge in [0.25, 0.3) is 0 Å². The zero-order valence-corrected chi connectivity index (χ0v) is 15.1. The highest BCUT2D eigenvalue weighted by Gasteiger charge is 2.18. The zero-order valence-electron chi connectivity index (χ0n) is 15.1. The number of esters is 1. The molecule has 0 fully saturated rings. The Morgan fingerprint density at radius 3 is 2.46 bits per heavy atom. The summed E-state index contributed by atoms with van der Waals surface area (Å²) < 4.78 is 11.9. The van der Waals surface area contributed by atoms with Crippen LogP contribution >= 0.6 is 0 Å². The first-order valence-corrected chi connectivity index (χ1v) is 8.53. The third kappa shape index (κ3) is 3.59. The van der Waals surface area contributed by atoms with Gasteiger partial charge in [-0.15, -0.1) is 0 Å². The summed E-state index contributed by atoms with van der Waals surface area (Å²) in [5, 5.41) is 4.43.